The van der Waals surface area contributed by atoms with Crippen LogP contribution in [0.2, 0.25) is 0 Å². The number of anilines is 1. The molecule has 0 saturated carbocycles. The second-order valence-electron chi connectivity index (χ2n) is 4.34. The highest BCUT2D eigenvalue weighted by Gasteiger charge is 2.10. The zero-order valence-electron chi connectivity index (χ0n) is 9.97. The highest BCUT2D eigenvalue weighted by atomic mass is 19.1. The number of rotatable bonds is 4. The molecule has 0 radical (unpaired) electrons. The Morgan fingerprint density at radius 3 is 2.53 bits per heavy atom. The molecule has 86 valence electrons. The molecule has 0 aliphatic carbocycles. The molecule has 15 heavy (non-hydrogen) atoms. The van der Waals surface area contributed by atoms with E-state index in [1.807, 2.05) is 6.07 Å². The molecule has 1 aromatic rings. The van der Waals surface area contributed by atoms with Gasteiger partial charge in [-0.15, -0.1) is 0 Å². The molecule has 2 heteroatoms. The van der Waals surface area contributed by atoms with E-state index < -0.39 is 0 Å². The summed E-state index contributed by atoms with van der Waals surface area (Å²) in [5.41, 5.74) is 1.81. The number of nitrogens with one attached hydrogen (secondary N) is 1. The van der Waals surface area contributed by atoms with Crippen molar-refractivity contribution in [3.8, 4) is 0 Å². The van der Waals surface area contributed by atoms with Crippen LogP contribution >= 0.6 is 0 Å². The third-order valence-electron chi connectivity index (χ3n) is 2.59. The maximum absolute atomic E-state index is 13.5. The van der Waals surface area contributed by atoms with Crippen LogP contribution in [0.3, 0.4) is 0 Å². The largest absolute Gasteiger partial charge is 0.383 e. The lowest BCUT2D eigenvalue weighted by molar-refractivity contribution is 0.584. The van der Waals surface area contributed by atoms with Crippen LogP contribution in [0, 0.1) is 5.82 Å². The maximum Gasteiger partial charge on any atom is 0.126 e. The SMILES string of the molecule is CC[C@@H](C)c1cc(NC(C)C)ccc1F.[HH]. The molecule has 1 atom stereocenters. The van der Waals surface area contributed by atoms with Crippen molar-refractivity contribution in [2.24, 2.45) is 0 Å². The van der Waals surface area contributed by atoms with Crippen molar-refractivity contribution in [1.29, 1.82) is 0 Å². The smallest absolute Gasteiger partial charge is 0.126 e. The van der Waals surface area contributed by atoms with E-state index in [2.05, 4.69) is 33.0 Å². The van der Waals surface area contributed by atoms with E-state index in [4.69, 9.17) is 0 Å². The summed E-state index contributed by atoms with van der Waals surface area (Å²) < 4.78 is 13.5. The first kappa shape index (κ1) is 12.0. The fourth-order valence-corrected chi connectivity index (χ4v) is 1.56. The summed E-state index contributed by atoms with van der Waals surface area (Å²) in [4.78, 5) is 0. The molecule has 0 amide bonds. The van der Waals surface area contributed by atoms with E-state index in [-0.39, 0.29) is 13.2 Å². The van der Waals surface area contributed by atoms with Crippen molar-refractivity contribution < 1.29 is 5.82 Å². The summed E-state index contributed by atoms with van der Waals surface area (Å²) in [7, 11) is 0. The van der Waals surface area contributed by atoms with E-state index in [0.29, 0.717) is 6.04 Å². The van der Waals surface area contributed by atoms with E-state index in [1.165, 1.54) is 0 Å². The normalized spacial score (nSPS) is 12.9. The summed E-state index contributed by atoms with van der Waals surface area (Å²) >= 11 is 0. The number of hydrogen-bond acceptors (Lipinski definition) is 1. The van der Waals surface area contributed by atoms with E-state index >= 15 is 0 Å². The average molecular weight is 211 g/mol. The standard InChI is InChI=1S/C13H20FN.H2/c1-5-10(4)12-8-11(15-9(2)3)6-7-13(12)14;/h6-10,15H,5H2,1-4H3;1H/t10-;/m1./s1. The van der Waals surface area contributed by atoms with E-state index in [9.17, 15) is 4.39 Å². The Kier molecular flexibility index (Phi) is 4.13. The molecule has 0 saturated heterocycles. The van der Waals surface area contributed by atoms with Gasteiger partial charge in [0.15, 0.2) is 0 Å². The summed E-state index contributed by atoms with van der Waals surface area (Å²) in [5.74, 6) is 0.178. The van der Waals surface area contributed by atoms with Gasteiger partial charge in [-0.25, -0.2) is 4.39 Å². The van der Waals surface area contributed by atoms with Gasteiger partial charge in [-0.3, -0.25) is 0 Å². The van der Waals surface area contributed by atoms with Gasteiger partial charge in [0, 0.05) is 13.2 Å². The average Bonchev–Trinajstić information content (AvgIpc) is 2.19. The first-order valence-electron chi connectivity index (χ1n) is 5.60. The van der Waals surface area contributed by atoms with Crippen molar-refractivity contribution in [2.75, 3.05) is 5.32 Å². The predicted octanol–water partition coefficient (Wildman–Crippen LogP) is 4.41. The molecular formula is C13H22FN. The Morgan fingerprint density at radius 2 is 2.00 bits per heavy atom. The van der Waals surface area contributed by atoms with Crippen LogP contribution in [0.4, 0.5) is 10.1 Å². The van der Waals surface area contributed by atoms with Crippen LogP contribution in [0.5, 0.6) is 0 Å². The Balaban J connectivity index is 0.00000225. The second kappa shape index (κ2) is 5.15. The van der Waals surface area contributed by atoms with Gasteiger partial charge in [-0.05, 0) is 49.9 Å². The predicted molar refractivity (Wildman–Crippen MR) is 66.0 cm³/mol. The molecule has 1 N–H and O–H groups in total. The van der Waals surface area contributed by atoms with Crippen molar-refractivity contribution in [2.45, 2.75) is 46.1 Å². The first-order chi connectivity index (χ1) is 7.04. The zero-order chi connectivity index (χ0) is 11.4. The minimum absolute atomic E-state index is 0. The molecular weight excluding hydrogens is 189 g/mol. The lowest BCUT2D eigenvalue weighted by Crippen LogP contribution is -2.10. The van der Waals surface area contributed by atoms with Crippen molar-refractivity contribution in [3.05, 3.63) is 29.6 Å². The molecule has 0 aromatic heterocycles. The number of hydrogen-bond donors (Lipinski definition) is 1. The van der Waals surface area contributed by atoms with E-state index in [1.54, 1.807) is 12.1 Å². The van der Waals surface area contributed by atoms with Crippen LogP contribution in [-0.4, -0.2) is 6.04 Å². The van der Waals surface area contributed by atoms with Crippen molar-refractivity contribution >= 4 is 5.69 Å². The molecule has 1 rings (SSSR count). The molecule has 1 nitrogen and oxygen atoms in total. The molecule has 0 aliphatic heterocycles. The minimum atomic E-state index is -0.0985. The summed E-state index contributed by atoms with van der Waals surface area (Å²) in [6.07, 6.45) is 0.960. The Labute approximate surface area is 93.2 Å². The molecule has 0 bridgehead atoms. The van der Waals surface area contributed by atoms with Gasteiger partial charge in [0.05, 0.1) is 0 Å². The topological polar surface area (TPSA) is 12.0 Å². The maximum atomic E-state index is 13.5. The lowest BCUT2D eigenvalue weighted by Gasteiger charge is -2.15. The third-order valence-corrected chi connectivity index (χ3v) is 2.59. The van der Waals surface area contributed by atoms with Gasteiger partial charge in [0.2, 0.25) is 0 Å². The summed E-state index contributed by atoms with van der Waals surface area (Å²) in [6.45, 7) is 8.28. The minimum Gasteiger partial charge on any atom is -0.383 e. The molecule has 0 fully saturated rings. The molecule has 0 heterocycles. The van der Waals surface area contributed by atoms with Crippen molar-refractivity contribution in [1.82, 2.24) is 0 Å². The number of benzene rings is 1. The Morgan fingerprint density at radius 1 is 1.33 bits per heavy atom. The number of halogens is 1. The van der Waals surface area contributed by atoms with Crippen LogP contribution in [0.1, 0.15) is 47.0 Å². The van der Waals surface area contributed by atoms with Gasteiger partial charge >= 0.3 is 0 Å². The van der Waals surface area contributed by atoms with Crippen LogP contribution in [-0.2, 0) is 0 Å². The zero-order valence-corrected chi connectivity index (χ0v) is 9.97. The van der Waals surface area contributed by atoms with Crippen LogP contribution in [0.25, 0.3) is 0 Å². The van der Waals surface area contributed by atoms with Crippen LogP contribution < -0.4 is 5.32 Å². The molecule has 1 aromatic carbocycles. The molecule has 0 spiro atoms. The van der Waals surface area contributed by atoms with E-state index in [0.717, 1.165) is 17.7 Å². The van der Waals surface area contributed by atoms with Gasteiger partial charge in [-0.2, -0.15) is 0 Å². The molecule has 0 unspecified atom stereocenters. The fourth-order valence-electron chi connectivity index (χ4n) is 1.56. The van der Waals surface area contributed by atoms with Crippen molar-refractivity contribution in [3.63, 3.8) is 0 Å². The quantitative estimate of drug-likeness (QED) is 0.778. The fraction of sp³-hybridized carbons (Fsp3) is 0.538. The Bertz CT molecular complexity index is 326. The van der Waals surface area contributed by atoms with Gasteiger partial charge in [0.25, 0.3) is 0 Å². The highest BCUT2D eigenvalue weighted by molar-refractivity contribution is 5.47. The molecule has 0 aliphatic rings. The highest BCUT2D eigenvalue weighted by Crippen LogP contribution is 2.25. The van der Waals surface area contributed by atoms with Gasteiger partial charge in [0.1, 0.15) is 5.82 Å². The first-order valence-corrected chi connectivity index (χ1v) is 5.60. The van der Waals surface area contributed by atoms with Crippen LogP contribution in [0.15, 0.2) is 18.2 Å². The summed E-state index contributed by atoms with van der Waals surface area (Å²) in [5, 5.41) is 3.28. The third kappa shape index (κ3) is 3.22. The summed E-state index contributed by atoms with van der Waals surface area (Å²) in [6, 6.07) is 5.64. The Hall–Kier alpha value is -1.05. The second-order valence-corrected chi connectivity index (χ2v) is 4.34. The van der Waals surface area contributed by atoms with Gasteiger partial charge < -0.3 is 5.32 Å². The lowest BCUT2D eigenvalue weighted by atomic mass is 9.97. The van der Waals surface area contributed by atoms with Gasteiger partial charge in [-0.1, -0.05) is 13.8 Å². The monoisotopic (exact) mass is 211 g/mol.